The van der Waals surface area contributed by atoms with Gasteiger partial charge in [-0.2, -0.15) is 0 Å². The van der Waals surface area contributed by atoms with Crippen LogP contribution in [0.2, 0.25) is 0 Å². The Balaban J connectivity index is 3.13. The van der Waals surface area contributed by atoms with Crippen LogP contribution in [0.4, 0.5) is 11.4 Å². The van der Waals surface area contributed by atoms with Crippen LogP contribution in [0.5, 0.6) is 0 Å². The van der Waals surface area contributed by atoms with E-state index in [9.17, 15) is 10.1 Å². The van der Waals surface area contributed by atoms with E-state index in [2.05, 4.69) is 5.32 Å². The molecule has 0 aromatic heterocycles. The Morgan fingerprint density at radius 2 is 2.06 bits per heavy atom. The maximum Gasteiger partial charge on any atom is 0.305 e. The Kier molecular flexibility index (Phi) is 5.02. The van der Waals surface area contributed by atoms with Gasteiger partial charge in [-0.05, 0) is 18.6 Å². The van der Waals surface area contributed by atoms with Gasteiger partial charge in [0.2, 0.25) is 0 Å². The summed E-state index contributed by atoms with van der Waals surface area (Å²) in [6.07, 6.45) is 0.938. The van der Waals surface area contributed by atoms with Gasteiger partial charge in [-0.3, -0.25) is 10.1 Å². The van der Waals surface area contributed by atoms with E-state index in [-0.39, 0.29) is 15.4 Å². The summed E-state index contributed by atoms with van der Waals surface area (Å²) in [5.74, 6) is 0. The van der Waals surface area contributed by atoms with Crippen molar-refractivity contribution in [1.82, 2.24) is 0 Å². The van der Waals surface area contributed by atoms with Gasteiger partial charge in [0.25, 0.3) is 0 Å². The fraction of sp³-hybridized carbons (Fsp3) is 0.538. The van der Waals surface area contributed by atoms with Crippen LogP contribution in [0.15, 0.2) is 23.1 Å². The molecular formula is C13H20N2O2S. The zero-order chi connectivity index (χ0) is 13.8. The highest BCUT2D eigenvalue weighted by molar-refractivity contribution is 8.00. The number of nitrogens with one attached hydrogen (secondary N) is 1. The van der Waals surface area contributed by atoms with E-state index in [1.54, 1.807) is 6.07 Å². The minimum atomic E-state index is -0.300. The summed E-state index contributed by atoms with van der Waals surface area (Å²) in [5, 5.41) is 14.4. The summed E-state index contributed by atoms with van der Waals surface area (Å²) >= 11 is 1.52. The molecule has 4 nitrogen and oxygen atoms in total. The summed E-state index contributed by atoms with van der Waals surface area (Å²) in [5.41, 5.74) is 0.793. The molecule has 0 saturated heterocycles. The number of para-hydroxylation sites is 1. The number of anilines is 1. The summed E-state index contributed by atoms with van der Waals surface area (Å²) < 4.78 is -0.0475. The predicted molar refractivity (Wildman–Crippen MR) is 77.5 cm³/mol. The third-order valence-electron chi connectivity index (χ3n) is 2.16. The number of thioether (sulfide) groups is 1. The zero-order valence-electron chi connectivity index (χ0n) is 11.3. The van der Waals surface area contributed by atoms with Crippen LogP contribution in [0.1, 0.15) is 34.1 Å². The van der Waals surface area contributed by atoms with E-state index in [0.29, 0.717) is 10.6 Å². The van der Waals surface area contributed by atoms with Crippen LogP contribution in [0.3, 0.4) is 0 Å². The second-order valence-corrected chi connectivity index (χ2v) is 6.92. The minimum Gasteiger partial charge on any atom is -0.379 e. The Morgan fingerprint density at radius 1 is 1.39 bits per heavy atom. The number of hydrogen-bond donors (Lipinski definition) is 1. The number of benzene rings is 1. The topological polar surface area (TPSA) is 55.2 Å². The van der Waals surface area contributed by atoms with E-state index in [1.165, 1.54) is 11.8 Å². The predicted octanol–water partition coefficient (Wildman–Crippen LogP) is 4.31. The van der Waals surface area contributed by atoms with Crippen molar-refractivity contribution >= 4 is 23.1 Å². The summed E-state index contributed by atoms with van der Waals surface area (Å²) in [6, 6.07) is 5.44. The number of rotatable bonds is 5. The molecule has 1 N–H and O–H groups in total. The lowest BCUT2D eigenvalue weighted by molar-refractivity contribution is -0.386. The van der Waals surface area contributed by atoms with Crippen molar-refractivity contribution in [2.24, 2.45) is 0 Å². The number of nitro benzene ring substituents is 1. The van der Waals surface area contributed by atoms with Crippen LogP contribution < -0.4 is 5.32 Å². The molecule has 5 heteroatoms. The summed E-state index contributed by atoms with van der Waals surface area (Å²) in [7, 11) is 0. The molecule has 1 aromatic rings. The summed E-state index contributed by atoms with van der Waals surface area (Å²) in [6.45, 7) is 8.92. The van der Waals surface area contributed by atoms with Crippen molar-refractivity contribution in [2.75, 3.05) is 11.9 Å². The van der Waals surface area contributed by atoms with Crippen molar-refractivity contribution in [3.8, 4) is 0 Å². The third-order valence-corrected chi connectivity index (χ3v) is 3.32. The minimum absolute atomic E-state index is 0.0475. The second-order valence-electron chi connectivity index (χ2n) is 5.05. The Morgan fingerprint density at radius 3 is 2.56 bits per heavy atom. The largest absolute Gasteiger partial charge is 0.379 e. The Labute approximate surface area is 112 Å². The molecule has 100 valence electrons. The monoisotopic (exact) mass is 268 g/mol. The standard InChI is InChI=1S/C13H20N2O2S/c1-5-9-14-10-7-6-8-11(12(10)15(16)17)18-13(2,3)4/h6-8,14H,5,9H2,1-4H3. The van der Waals surface area contributed by atoms with Crippen molar-refractivity contribution in [3.05, 3.63) is 28.3 Å². The molecule has 1 aromatic carbocycles. The van der Waals surface area contributed by atoms with Gasteiger partial charge in [0, 0.05) is 11.3 Å². The van der Waals surface area contributed by atoms with Gasteiger partial charge in [0.15, 0.2) is 0 Å². The van der Waals surface area contributed by atoms with E-state index in [0.717, 1.165) is 13.0 Å². The lowest BCUT2D eigenvalue weighted by Crippen LogP contribution is -2.09. The average molecular weight is 268 g/mol. The SMILES string of the molecule is CCCNc1cccc(SC(C)(C)C)c1[N+](=O)[O-]. The van der Waals surface area contributed by atoms with Crippen LogP contribution in [-0.4, -0.2) is 16.2 Å². The summed E-state index contributed by atoms with van der Waals surface area (Å²) in [4.78, 5) is 11.7. The molecule has 0 aliphatic rings. The molecule has 0 atom stereocenters. The van der Waals surface area contributed by atoms with Crippen molar-refractivity contribution in [3.63, 3.8) is 0 Å². The normalized spacial score (nSPS) is 11.3. The molecule has 0 aliphatic heterocycles. The molecule has 0 heterocycles. The quantitative estimate of drug-likeness (QED) is 0.491. The van der Waals surface area contributed by atoms with E-state index >= 15 is 0 Å². The molecule has 0 spiro atoms. The molecule has 0 fully saturated rings. The molecule has 0 unspecified atom stereocenters. The highest BCUT2D eigenvalue weighted by atomic mass is 32.2. The number of hydrogen-bond acceptors (Lipinski definition) is 4. The first-order chi connectivity index (χ1) is 8.35. The van der Waals surface area contributed by atoms with Crippen LogP contribution >= 0.6 is 11.8 Å². The van der Waals surface area contributed by atoms with E-state index in [4.69, 9.17) is 0 Å². The van der Waals surface area contributed by atoms with Gasteiger partial charge in [-0.25, -0.2) is 0 Å². The zero-order valence-corrected chi connectivity index (χ0v) is 12.1. The van der Waals surface area contributed by atoms with Gasteiger partial charge >= 0.3 is 5.69 Å². The van der Waals surface area contributed by atoms with Gasteiger partial charge in [-0.1, -0.05) is 33.8 Å². The van der Waals surface area contributed by atoms with Gasteiger partial charge < -0.3 is 5.32 Å². The Bertz CT molecular complexity index is 427. The maximum atomic E-state index is 11.2. The lowest BCUT2D eigenvalue weighted by Gasteiger charge is -2.18. The maximum absolute atomic E-state index is 11.2. The van der Waals surface area contributed by atoms with Crippen LogP contribution in [0.25, 0.3) is 0 Å². The molecular weight excluding hydrogens is 248 g/mol. The van der Waals surface area contributed by atoms with Gasteiger partial charge in [0.05, 0.1) is 9.82 Å². The third kappa shape index (κ3) is 4.22. The Hall–Kier alpha value is -1.23. The van der Waals surface area contributed by atoms with Crippen LogP contribution in [-0.2, 0) is 0 Å². The first-order valence-corrected chi connectivity index (χ1v) is 6.87. The lowest BCUT2D eigenvalue weighted by atomic mass is 10.2. The van der Waals surface area contributed by atoms with Gasteiger partial charge in [0.1, 0.15) is 5.69 Å². The fourth-order valence-corrected chi connectivity index (χ4v) is 2.61. The molecule has 0 radical (unpaired) electrons. The van der Waals surface area contributed by atoms with Crippen LogP contribution in [0, 0.1) is 10.1 Å². The van der Waals surface area contributed by atoms with Crippen molar-refractivity contribution in [2.45, 2.75) is 43.8 Å². The number of nitro groups is 1. The van der Waals surface area contributed by atoms with Gasteiger partial charge in [-0.15, -0.1) is 11.8 Å². The molecule has 0 amide bonds. The second kappa shape index (κ2) is 6.09. The highest BCUT2D eigenvalue weighted by Crippen LogP contribution is 2.41. The highest BCUT2D eigenvalue weighted by Gasteiger charge is 2.23. The first-order valence-electron chi connectivity index (χ1n) is 6.05. The van der Waals surface area contributed by atoms with E-state index < -0.39 is 0 Å². The molecule has 1 rings (SSSR count). The molecule has 0 saturated carbocycles. The average Bonchev–Trinajstić information content (AvgIpc) is 2.23. The number of nitrogens with zero attached hydrogens (tertiary/aromatic N) is 1. The van der Waals surface area contributed by atoms with E-state index in [1.807, 2.05) is 39.8 Å². The first kappa shape index (κ1) is 14.8. The molecule has 18 heavy (non-hydrogen) atoms. The fourth-order valence-electron chi connectivity index (χ4n) is 1.53. The smallest absolute Gasteiger partial charge is 0.305 e. The molecule has 0 aliphatic carbocycles. The van der Waals surface area contributed by atoms with Crippen molar-refractivity contribution in [1.29, 1.82) is 0 Å². The van der Waals surface area contributed by atoms with Crippen molar-refractivity contribution < 1.29 is 4.92 Å². The molecule has 0 bridgehead atoms.